The van der Waals surface area contributed by atoms with Crippen molar-refractivity contribution in [1.82, 2.24) is 9.97 Å². The maximum atomic E-state index is 5.28. The Bertz CT molecular complexity index is 1940. The molecule has 0 aliphatic carbocycles. The fraction of sp³-hybridized carbons (Fsp3) is 0.263. The molecule has 4 heteroatoms. The van der Waals surface area contributed by atoms with Gasteiger partial charge >= 0.3 is 0 Å². The van der Waals surface area contributed by atoms with Crippen molar-refractivity contribution in [3.8, 4) is 0 Å². The first kappa shape index (κ1) is 27.7. The lowest BCUT2D eigenvalue weighted by atomic mass is 9.86. The summed E-state index contributed by atoms with van der Waals surface area (Å²) in [5, 5.41) is 9.64. The van der Waals surface area contributed by atoms with Crippen molar-refractivity contribution in [2.75, 3.05) is 10.6 Å². The summed E-state index contributed by atoms with van der Waals surface area (Å²) in [5.41, 5.74) is 12.6. The lowest BCUT2D eigenvalue weighted by molar-refractivity contribution is 0.590. The first-order chi connectivity index (χ1) is 19.9. The smallest absolute Gasteiger partial charge is 0.116 e. The average Bonchev–Trinajstić information content (AvgIpc) is 2.93. The maximum absolute atomic E-state index is 5.28. The quantitative estimate of drug-likeness (QED) is 0.214. The highest BCUT2D eigenvalue weighted by atomic mass is 15.0. The van der Waals surface area contributed by atoms with Crippen LogP contribution in [0.2, 0.25) is 0 Å². The van der Waals surface area contributed by atoms with E-state index in [0.717, 1.165) is 55.6 Å². The second-order valence-electron chi connectivity index (χ2n) is 13.6. The second kappa shape index (κ2) is 10.1. The van der Waals surface area contributed by atoms with Crippen LogP contribution in [0.3, 0.4) is 0 Å². The van der Waals surface area contributed by atoms with Gasteiger partial charge in [0.2, 0.25) is 0 Å². The Balaban J connectivity index is 1.65. The molecule has 0 aliphatic heterocycles. The number of aryl methyl sites for hydroxylation is 2. The Kier molecular flexibility index (Phi) is 6.68. The Morgan fingerprint density at radius 1 is 0.476 bits per heavy atom. The molecule has 0 spiro atoms. The summed E-state index contributed by atoms with van der Waals surface area (Å²) in [5.74, 6) is 0. The van der Waals surface area contributed by atoms with Gasteiger partial charge in [-0.2, -0.15) is 0 Å². The summed E-state index contributed by atoms with van der Waals surface area (Å²) >= 11 is 0. The summed E-state index contributed by atoms with van der Waals surface area (Å²) in [7, 11) is 0. The molecule has 0 atom stereocenters. The van der Waals surface area contributed by atoms with E-state index in [1.165, 1.54) is 22.3 Å². The average molecular weight is 553 g/mol. The van der Waals surface area contributed by atoms with Crippen LogP contribution in [0.1, 0.15) is 63.8 Å². The predicted molar refractivity (Wildman–Crippen MR) is 181 cm³/mol. The molecule has 4 aromatic carbocycles. The van der Waals surface area contributed by atoms with Crippen LogP contribution in [0.25, 0.3) is 32.8 Å². The molecule has 0 radical (unpaired) electrons. The Morgan fingerprint density at radius 2 is 0.905 bits per heavy atom. The molecule has 0 fully saturated rings. The van der Waals surface area contributed by atoms with E-state index in [9.17, 15) is 0 Å². The number of benzene rings is 4. The fourth-order valence-corrected chi connectivity index (χ4v) is 5.43. The standard InChI is InChI=1S/C38H40N4/c1-23-9-15-27(16-10-23)39-34-30-22-26(38(6,7)8)14-20-32(30)42-35-33(29-21-24(2)11-19-31(29)41-36(34)35)40-28-17-12-25(13-18-28)37(3,4)5/h9-22H,1-8H3,(H,39,42)(H,40,41). The predicted octanol–water partition coefficient (Wildman–Crippen LogP) is 10.6. The zero-order chi connectivity index (χ0) is 29.8. The number of rotatable bonds is 4. The number of anilines is 4. The molecule has 0 bridgehead atoms. The Morgan fingerprint density at radius 3 is 1.43 bits per heavy atom. The van der Waals surface area contributed by atoms with E-state index in [1.807, 2.05) is 0 Å². The first-order valence-electron chi connectivity index (χ1n) is 14.8. The maximum Gasteiger partial charge on any atom is 0.116 e. The van der Waals surface area contributed by atoms with Crippen LogP contribution in [0, 0.1) is 13.8 Å². The van der Waals surface area contributed by atoms with Crippen molar-refractivity contribution in [3.05, 3.63) is 107 Å². The molecule has 2 heterocycles. The number of nitrogens with one attached hydrogen (secondary N) is 2. The van der Waals surface area contributed by atoms with Gasteiger partial charge in [0, 0.05) is 22.1 Å². The van der Waals surface area contributed by atoms with Gasteiger partial charge in [0.15, 0.2) is 0 Å². The summed E-state index contributed by atoms with van der Waals surface area (Å²) in [4.78, 5) is 10.5. The minimum absolute atomic E-state index is 0.00451. The van der Waals surface area contributed by atoms with Gasteiger partial charge in [0.25, 0.3) is 0 Å². The zero-order valence-electron chi connectivity index (χ0n) is 26.0. The van der Waals surface area contributed by atoms with Crippen LogP contribution < -0.4 is 10.6 Å². The molecule has 6 aromatic rings. The molecule has 4 nitrogen and oxygen atoms in total. The molecular weight excluding hydrogens is 512 g/mol. The van der Waals surface area contributed by atoms with E-state index in [4.69, 9.17) is 9.97 Å². The van der Waals surface area contributed by atoms with Gasteiger partial charge in [-0.1, -0.05) is 89.1 Å². The molecule has 0 saturated carbocycles. The van der Waals surface area contributed by atoms with Crippen molar-refractivity contribution in [2.45, 2.75) is 66.2 Å². The highest BCUT2D eigenvalue weighted by Crippen LogP contribution is 2.41. The van der Waals surface area contributed by atoms with E-state index >= 15 is 0 Å². The number of hydrogen-bond donors (Lipinski definition) is 2. The number of hydrogen-bond acceptors (Lipinski definition) is 4. The first-order valence-corrected chi connectivity index (χ1v) is 14.8. The highest BCUT2D eigenvalue weighted by molar-refractivity contribution is 6.16. The molecule has 212 valence electrons. The van der Waals surface area contributed by atoms with Gasteiger partial charge in [0.05, 0.1) is 22.4 Å². The van der Waals surface area contributed by atoms with Crippen molar-refractivity contribution in [2.24, 2.45) is 0 Å². The minimum atomic E-state index is 0.00451. The van der Waals surface area contributed by atoms with Crippen molar-refractivity contribution in [3.63, 3.8) is 0 Å². The summed E-state index contributed by atoms with van der Waals surface area (Å²) in [6.07, 6.45) is 0. The lowest BCUT2D eigenvalue weighted by Crippen LogP contribution is -2.11. The van der Waals surface area contributed by atoms with E-state index < -0.39 is 0 Å². The van der Waals surface area contributed by atoms with Crippen LogP contribution >= 0.6 is 0 Å². The monoisotopic (exact) mass is 552 g/mol. The van der Waals surface area contributed by atoms with Gasteiger partial charge < -0.3 is 10.6 Å². The molecule has 0 saturated heterocycles. The number of pyridine rings is 2. The third-order valence-electron chi connectivity index (χ3n) is 8.06. The summed E-state index contributed by atoms with van der Waals surface area (Å²) in [6, 6.07) is 30.3. The van der Waals surface area contributed by atoms with Crippen LogP contribution in [0.4, 0.5) is 22.7 Å². The van der Waals surface area contributed by atoms with Gasteiger partial charge in [-0.25, -0.2) is 9.97 Å². The zero-order valence-corrected chi connectivity index (χ0v) is 26.0. The Labute approximate surface area is 249 Å². The lowest BCUT2D eigenvalue weighted by Gasteiger charge is -2.22. The molecule has 42 heavy (non-hydrogen) atoms. The molecule has 0 amide bonds. The van der Waals surface area contributed by atoms with E-state index in [2.05, 4.69) is 151 Å². The third-order valence-corrected chi connectivity index (χ3v) is 8.06. The largest absolute Gasteiger partial charge is 0.353 e. The van der Waals surface area contributed by atoms with Crippen molar-refractivity contribution >= 4 is 55.6 Å². The molecule has 2 aromatic heterocycles. The Hall–Kier alpha value is -4.44. The van der Waals surface area contributed by atoms with Crippen LogP contribution in [-0.4, -0.2) is 9.97 Å². The van der Waals surface area contributed by atoms with Crippen LogP contribution in [0.5, 0.6) is 0 Å². The van der Waals surface area contributed by atoms with Crippen molar-refractivity contribution < 1.29 is 0 Å². The van der Waals surface area contributed by atoms with Gasteiger partial charge in [0.1, 0.15) is 11.0 Å². The molecular formula is C38H40N4. The molecule has 0 unspecified atom stereocenters. The molecule has 6 rings (SSSR count). The number of nitrogens with zero attached hydrogens (tertiary/aromatic N) is 2. The SMILES string of the molecule is Cc1ccc(Nc2c3cc(C(C)(C)C)ccc3nc3c(Nc4ccc(C(C)(C)C)cc4)c4cc(C)ccc4nc23)cc1. The van der Waals surface area contributed by atoms with E-state index in [-0.39, 0.29) is 10.8 Å². The topological polar surface area (TPSA) is 49.8 Å². The minimum Gasteiger partial charge on any atom is -0.353 e. The molecule has 2 N–H and O–H groups in total. The van der Waals surface area contributed by atoms with E-state index in [1.54, 1.807) is 0 Å². The normalized spacial score (nSPS) is 12.3. The second-order valence-corrected chi connectivity index (χ2v) is 13.6. The van der Waals surface area contributed by atoms with Crippen molar-refractivity contribution in [1.29, 1.82) is 0 Å². The summed E-state index contributed by atoms with van der Waals surface area (Å²) < 4.78 is 0. The molecule has 0 aliphatic rings. The van der Waals surface area contributed by atoms with E-state index in [0.29, 0.717) is 0 Å². The van der Waals surface area contributed by atoms with Gasteiger partial charge in [-0.15, -0.1) is 0 Å². The highest BCUT2D eigenvalue weighted by Gasteiger charge is 2.21. The van der Waals surface area contributed by atoms with Gasteiger partial charge in [-0.3, -0.25) is 0 Å². The number of fused-ring (bicyclic) bond motifs is 3. The van der Waals surface area contributed by atoms with Crippen LogP contribution in [-0.2, 0) is 10.8 Å². The summed E-state index contributed by atoms with van der Waals surface area (Å²) in [6.45, 7) is 17.7. The fourth-order valence-electron chi connectivity index (χ4n) is 5.43. The third kappa shape index (κ3) is 5.30. The van der Waals surface area contributed by atoms with Gasteiger partial charge in [-0.05, 0) is 84.3 Å². The van der Waals surface area contributed by atoms with Crippen LogP contribution in [0.15, 0.2) is 84.9 Å². The number of aromatic nitrogens is 2.